The first-order valence-corrected chi connectivity index (χ1v) is 10.5. The summed E-state index contributed by atoms with van der Waals surface area (Å²) >= 11 is 3.15. The number of fused-ring (bicyclic) bond motifs is 1. The van der Waals surface area contributed by atoms with Crippen LogP contribution in [0.15, 0.2) is 38.4 Å². The van der Waals surface area contributed by atoms with Crippen LogP contribution in [0.2, 0.25) is 0 Å². The van der Waals surface area contributed by atoms with E-state index >= 15 is 0 Å². The lowest BCUT2D eigenvalue weighted by Crippen LogP contribution is -1.98. The molecule has 2 aromatic rings. The highest BCUT2D eigenvalue weighted by molar-refractivity contribution is 8.13. The number of carbonyl (C=O) groups is 1. The third-order valence-electron chi connectivity index (χ3n) is 3.78. The van der Waals surface area contributed by atoms with E-state index in [9.17, 15) is 9.59 Å². The molecule has 3 nitrogen and oxygen atoms in total. The quantitative estimate of drug-likeness (QED) is 0.344. The fraction of sp³-hybridized carbons (Fsp3) is 0.474. The Morgan fingerprint density at radius 3 is 2.62 bits per heavy atom. The highest BCUT2D eigenvalue weighted by Crippen LogP contribution is 2.28. The Morgan fingerprint density at radius 1 is 1.08 bits per heavy atom. The summed E-state index contributed by atoms with van der Waals surface area (Å²) in [4.78, 5) is 24.0. The monoisotopic (exact) mass is 364 g/mol. The summed E-state index contributed by atoms with van der Waals surface area (Å²) in [5.41, 5.74) is 1.57. The van der Waals surface area contributed by atoms with E-state index in [1.807, 2.05) is 19.1 Å². The maximum Gasteiger partial charge on any atom is 0.337 e. The van der Waals surface area contributed by atoms with Crippen molar-refractivity contribution in [2.45, 2.75) is 50.8 Å². The average Bonchev–Trinajstić information content (AvgIpc) is 2.59. The molecule has 0 saturated heterocycles. The molecule has 0 amide bonds. The van der Waals surface area contributed by atoms with Crippen LogP contribution in [0.4, 0.5) is 0 Å². The highest BCUT2D eigenvalue weighted by atomic mass is 32.2. The van der Waals surface area contributed by atoms with Crippen molar-refractivity contribution in [3.05, 3.63) is 40.2 Å². The molecule has 1 aromatic carbocycles. The van der Waals surface area contributed by atoms with Crippen molar-refractivity contribution in [3.8, 4) is 0 Å². The molecule has 0 saturated carbocycles. The molecule has 0 radical (unpaired) electrons. The number of benzene rings is 1. The van der Waals surface area contributed by atoms with Crippen LogP contribution in [-0.4, -0.2) is 16.6 Å². The SMILES string of the molecule is CCC(=O)SCCCCCSc1cc(=O)oc2cc(CC)ccc12. The lowest BCUT2D eigenvalue weighted by molar-refractivity contribution is -0.110. The molecule has 130 valence electrons. The van der Waals surface area contributed by atoms with Gasteiger partial charge in [-0.15, -0.1) is 11.8 Å². The van der Waals surface area contributed by atoms with E-state index in [0.29, 0.717) is 12.0 Å². The van der Waals surface area contributed by atoms with E-state index in [0.717, 1.165) is 47.5 Å². The lowest BCUT2D eigenvalue weighted by Gasteiger charge is -2.06. The highest BCUT2D eigenvalue weighted by Gasteiger charge is 2.07. The zero-order valence-electron chi connectivity index (χ0n) is 14.3. The van der Waals surface area contributed by atoms with Gasteiger partial charge < -0.3 is 4.42 Å². The van der Waals surface area contributed by atoms with Crippen molar-refractivity contribution in [3.63, 3.8) is 0 Å². The first kappa shape index (κ1) is 19.1. The molecule has 0 atom stereocenters. The Bertz CT molecular complexity index is 737. The number of hydrogen-bond acceptors (Lipinski definition) is 5. The molecule has 0 bridgehead atoms. The number of carbonyl (C=O) groups excluding carboxylic acids is 1. The van der Waals surface area contributed by atoms with Gasteiger partial charge in [-0.2, -0.15) is 0 Å². The van der Waals surface area contributed by atoms with Crippen LogP contribution >= 0.6 is 23.5 Å². The van der Waals surface area contributed by atoms with E-state index in [1.165, 1.54) is 17.3 Å². The van der Waals surface area contributed by atoms with Gasteiger partial charge in [-0.05, 0) is 42.7 Å². The zero-order chi connectivity index (χ0) is 17.4. The first-order valence-electron chi connectivity index (χ1n) is 8.49. The topological polar surface area (TPSA) is 47.3 Å². The van der Waals surface area contributed by atoms with Crippen LogP contribution in [0.25, 0.3) is 11.0 Å². The zero-order valence-corrected chi connectivity index (χ0v) is 15.9. The van der Waals surface area contributed by atoms with E-state index in [2.05, 4.69) is 13.0 Å². The van der Waals surface area contributed by atoms with Crippen molar-refractivity contribution in [1.29, 1.82) is 0 Å². The molecule has 5 heteroatoms. The molecule has 1 aromatic heterocycles. The van der Waals surface area contributed by atoms with Crippen molar-refractivity contribution >= 4 is 39.6 Å². The second kappa shape index (κ2) is 9.94. The van der Waals surface area contributed by atoms with Gasteiger partial charge in [0, 0.05) is 28.5 Å². The number of hydrogen-bond donors (Lipinski definition) is 0. The average molecular weight is 365 g/mol. The van der Waals surface area contributed by atoms with Crippen LogP contribution in [0, 0.1) is 0 Å². The van der Waals surface area contributed by atoms with Crippen LogP contribution in [-0.2, 0) is 11.2 Å². The number of rotatable bonds is 9. The fourth-order valence-electron chi connectivity index (χ4n) is 2.37. The van der Waals surface area contributed by atoms with Crippen LogP contribution in [0.1, 0.15) is 45.1 Å². The van der Waals surface area contributed by atoms with Crippen LogP contribution in [0.3, 0.4) is 0 Å². The van der Waals surface area contributed by atoms with Crippen molar-refractivity contribution in [1.82, 2.24) is 0 Å². The maximum atomic E-state index is 11.8. The molecule has 2 rings (SSSR count). The predicted molar refractivity (Wildman–Crippen MR) is 104 cm³/mol. The maximum absolute atomic E-state index is 11.8. The largest absolute Gasteiger partial charge is 0.423 e. The van der Waals surface area contributed by atoms with E-state index < -0.39 is 0 Å². The summed E-state index contributed by atoms with van der Waals surface area (Å²) in [5.74, 6) is 1.88. The smallest absolute Gasteiger partial charge is 0.337 e. The van der Waals surface area contributed by atoms with Crippen LogP contribution in [0.5, 0.6) is 0 Å². The molecule has 0 spiro atoms. The Hall–Kier alpha value is -1.20. The van der Waals surface area contributed by atoms with Crippen molar-refractivity contribution in [2.75, 3.05) is 11.5 Å². The summed E-state index contributed by atoms with van der Waals surface area (Å²) < 4.78 is 5.33. The minimum absolute atomic E-state index is 0.276. The van der Waals surface area contributed by atoms with E-state index in [1.54, 1.807) is 17.8 Å². The van der Waals surface area contributed by atoms with Gasteiger partial charge in [0.15, 0.2) is 5.12 Å². The van der Waals surface area contributed by atoms with Gasteiger partial charge in [-0.25, -0.2) is 4.79 Å². The lowest BCUT2D eigenvalue weighted by atomic mass is 10.1. The summed E-state index contributed by atoms with van der Waals surface area (Å²) in [6.45, 7) is 3.99. The summed E-state index contributed by atoms with van der Waals surface area (Å²) in [5, 5.41) is 1.29. The van der Waals surface area contributed by atoms with E-state index in [4.69, 9.17) is 4.42 Å². The molecule has 1 heterocycles. The van der Waals surface area contributed by atoms with Gasteiger partial charge in [-0.3, -0.25) is 4.79 Å². The van der Waals surface area contributed by atoms with Crippen molar-refractivity contribution < 1.29 is 9.21 Å². The van der Waals surface area contributed by atoms with Gasteiger partial charge >= 0.3 is 5.63 Å². The third-order valence-corrected chi connectivity index (χ3v) is 6.02. The molecule has 0 N–H and O–H groups in total. The standard InChI is InChI=1S/C19H24O3S2/c1-3-14-8-9-15-16(12-14)22-18(20)13-17(15)23-10-6-5-7-11-24-19(21)4-2/h8-9,12-13H,3-7,10-11H2,1-2H3. The molecular weight excluding hydrogens is 340 g/mol. The Kier molecular flexibility index (Phi) is 7.92. The normalized spacial score (nSPS) is 11.1. The van der Waals surface area contributed by atoms with Gasteiger partial charge in [0.05, 0.1) is 0 Å². The molecule has 0 unspecified atom stereocenters. The van der Waals surface area contributed by atoms with Gasteiger partial charge in [0.2, 0.25) is 0 Å². The molecular formula is C19H24O3S2. The first-order chi connectivity index (χ1) is 11.6. The number of aryl methyl sites for hydroxylation is 1. The van der Waals surface area contributed by atoms with Crippen LogP contribution < -0.4 is 5.63 Å². The molecule has 0 aliphatic heterocycles. The number of thioether (sulfide) groups is 2. The molecule has 0 aliphatic rings. The predicted octanol–water partition coefficient (Wildman–Crippen LogP) is 5.29. The van der Waals surface area contributed by atoms with Gasteiger partial charge in [-0.1, -0.05) is 38.1 Å². The fourth-order valence-corrected chi connectivity index (χ4v) is 4.22. The third kappa shape index (κ3) is 5.71. The van der Waals surface area contributed by atoms with Gasteiger partial charge in [0.25, 0.3) is 0 Å². The summed E-state index contributed by atoms with van der Waals surface area (Å²) in [7, 11) is 0. The Balaban J connectivity index is 1.86. The Labute approximate surface area is 151 Å². The van der Waals surface area contributed by atoms with Crippen molar-refractivity contribution in [2.24, 2.45) is 0 Å². The minimum Gasteiger partial charge on any atom is -0.423 e. The number of unbranched alkanes of at least 4 members (excludes halogenated alkanes) is 2. The second-order valence-corrected chi connectivity index (χ2v) is 7.89. The molecule has 24 heavy (non-hydrogen) atoms. The summed E-state index contributed by atoms with van der Waals surface area (Å²) in [6.07, 6.45) is 4.80. The minimum atomic E-state index is -0.285. The molecule has 0 fully saturated rings. The Morgan fingerprint density at radius 2 is 1.88 bits per heavy atom. The van der Waals surface area contributed by atoms with Gasteiger partial charge in [0.1, 0.15) is 5.58 Å². The second-order valence-electron chi connectivity index (χ2n) is 5.60. The van der Waals surface area contributed by atoms with E-state index in [-0.39, 0.29) is 10.7 Å². The summed E-state index contributed by atoms with van der Waals surface area (Å²) in [6, 6.07) is 7.69. The molecule has 0 aliphatic carbocycles.